The molecule has 0 radical (unpaired) electrons. The van der Waals surface area contributed by atoms with Crippen molar-refractivity contribution < 1.29 is 0 Å². The van der Waals surface area contributed by atoms with Gasteiger partial charge in [-0.2, -0.15) is 0 Å². The topological polar surface area (TPSA) is 45.8 Å². The van der Waals surface area contributed by atoms with Crippen LogP contribution in [0.15, 0.2) is 23.0 Å². The Kier molecular flexibility index (Phi) is 3.85. The van der Waals surface area contributed by atoms with Crippen LogP contribution in [0.4, 0.5) is 0 Å². The first-order chi connectivity index (χ1) is 8.52. The second kappa shape index (κ2) is 5.22. The fourth-order valence-electron chi connectivity index (χ4n) is 1.95. The van der Waals surface area contributed by atoms with E-state index in [0.29, 0.717) is 9.39 Å². The summed E-state index contributed by atoms with van der Waals surface area (Å²) in [6.07, 6.45) is 0.764. The maximum Gasteiger partial charge on any atom is 0.264 e. The molecule has 1 heterocycles. The van der Waals surface area contributed by atoms with Gasteiger partial charge >= 0.3 is 0 Å². The fourth-order valence-corrected chi connectivity index (χ4v) is 2.58. The van der Waals surface area contributed by atoms with Gasteiger partial charge in [0.05, 0.1) is 9.26 Å². The number of aromatic amines is 1. The number of hydrogen-bond acceptors (Lipinski definition) is 2. The zero-order valence-corrected chi connectivity index (χ0v) is 12.8. The Bertz CT molecular complexity index is 647. The number of benzene rings is 1. The van der Waals surface area contributed by atoms with Crippen LogP contribution in [0.5, 0.6) is 0 Å². The Morgan fingerprint density at radius 3 is 2.67 bits per heavy atom. The van der Waals surface area contributed by atoms with Gasteiger partial charge in [-0.3, -0.25) is 4.79 Å². The third kappa shape index (κ3) is 2.48. The van der Waals surface area contributed by atoms with Crippen LogP contribution in [0.1, 0.15) is 23.7 Å². The molecule has 0 aliphatic carbocycles. The molecule has 0 fully saturated rings. The molecule has 0 amide bonds. The van der Waals surface area contributed by atoms with Gasteiger partial charge in [0.2, 0.25) is 0 Å². The van der Waals surface area contributed by atoms with E-state index < -0.39 is 0 Å². The normalized spacial score (nSPS) is 10.7. The number of aryl methyl sites for hydroxylation is 3. The van der Waals surface area contributed by atoms with Crippen molar-refractivity contribution in [2.75, 3.05) is 0 Å². The molecule has 0 unspecified atom stereocenters. The van der Waals surface area contributed by atoms with Gasteiger partial charge in [-0.05, 0) is 48.4 Å². The summed E-state index contributed by atoms with van der Waals surface area (Å²) in [7, 11) is 0. The van der Waals surface area contributed by atoms with Crippen molar-refractivity contribution in [2.24, 2.45) is 0 Å². The number of aromatic nitrogens is 2. The van der Waals surface area contributed by atoms with E-state index in [4.69, 9.17) is 0 Å². The molecule has 2 rings (SSSR count). The van der Waals surface area contributed by atoms with Crippen LogP contribution in [0, 0.1) is 17.4 Å². The maximum absolute atomic E-state index is 11.9. The molecule has 1 aromatic carbocycles. The van der Waals surface area contributed by atoms with Gasteiger partial charge < -0.3 is 4.98 Å². The van der Waals surface area contributed by atoms with E-state index in [-0.39, 0.29) is 5.56 Å². The Labute approximate surface area is 120 Å². The second-order valence-corrected chi connectivity index (χ2v) is 5.43. The molecule has 4 heteroatoms. The Hall–Kier alpha value is -1.17. The lowest BCUT2D eigenvalue weighted by molar-refractivity contribution is 0.967. The molecule has 0 saturated carbocycles. The molecule has 0 aliphatic rings. The van der Waals surface area contributed by atoms with Crippen molar-refractivity contribution in [3.8, 4) is 11.4 Å². The molecule has 3 nitrogen and oxygen atoms in total. The highest BCUT2D eigenvalue weighted by molar-refractivity contribution is 14.1. The summed E-state index contributed by atoms with van der Waals surface area (Å²) >= 11 is 2.05. The molecule has 0 aliphatic heterocycles. The largest absolute Gasteiger partial charge is 0.306 e. The highest BCUT2D eigenvalue weighted by Gasteiger charge is 2.10. The van der Waals surface area contributed by atoms with E-state index in [9.17, 15) is 4.79 Å². The summed E-state index contributed by atoms with van der Waals surface area (Å²) in [6, 6.07) is 6.14. The number of nitrogens with one attached hydrogen (secondary N) is 1. The lowest BCUT2D eigenvalue weighted by Crippen LogP contribution is -2.16. The van der Waals surface area contributed by atoms with E-state index in [0.717, 1.165) is 23.2 Å². The molecule has 18 heavy (non-hydrogen) atoms. The molecule has 2 aromatic rings. The van der Waals surface area contributed by atoms with Gasteiger partial charge in [0.1, 0.15) is 5.82 Å². The molecule has 0 saturated heterocycles. The standard InChI is InChI=1S/C14H15IN2O/c1-4-11-12(15)14(18)17-13(16-11)10-6-5-8(2)7-9(10)3/h5-7H,4H2,1-3H3,(H,16,17,18). The Morgan fingerprint density at radius 2 is 2.06 bits per heavy atom. The van der Waals surface area contributed by atoms with Crippen molar-refractivity contribution in [3.05, 3.63) is 48.9 Å². The first-order valence-corrected chi connectivity index (χ1v) is 6.97. The number of hydrogen-bond donors (Lipinski definition) is 1. The summed E-state index contributed by atoms with van der Waals surface area (Å²) in [5.74, 6) is 0.662. The summed E-state index contributed by atoms with van der Waals surface area (Å²) in [5, 5.41) is 0. The van der Waals surface area contributed by atoms with Crippen molar-refractivity contribution in [1.29, 1.82) is 0 Å². The fraction of sp³-hybridized carbons (Fsp3) is 0.286. The minimum absolute atomic E-state index is 0.0579. The predicted molar refractivity (Wildman–Crippen MR) is 81.9 cm³/mol. The summed E-state index contributed by atoms with van der Waals surface area (Å²) < 4.78 is 0.684. The van der Waals surface area contributed by atoms with Crippen LogP contribution in [0.3, 0.4) is 0 Å². The van der Waals surface area contributed by atoms with Gasteiger partial charge in [-0.15, -0.1) is 0 Å². The average molecular weight is 354 g/mol. The highest BCUT2D eigenvalue weighted by Crippen LogP contribution is 2.21. The van der Waals surface area contributed by atoms with Crippen LogP contribution < -0.4 is 5.56 Å². The number of H-pyrrole nitrogens is 1. The maximum atomic E-state index is 11.9. The summed E-state index contributed by atoms with van der Waals surface area (Å²) in [6.45, 7) is 6.10. The molecule has 1 N–H and O–H groups in total. The zero-order chi connectivity index (χ0) is 13.3. The van der Waals surface area contributed by atoms with Gasteiger partial charge in [0.25, 0.3) is 5.56 Å². The average Bonchev–Trinajstić information content (AvgIpc) is 2.32. The molecular weight excluding hydrogens is 339 g/mol. The van der Waals surface area contributed by atoms with Gasteiger partial charge in [-0.1, -0.05) is 30.7 Å². The lowest BCUT2D eigenvalue weighted by Gasteiger charge is -2.08. The smallest absolute Gasteiger partial charge is 0.264 e. The third-order valence-corrected chi connectivity index (χ3v) is 4.02. The van der Waals surface area contributed by atoms with Gasteiger partial charge in [0.15, 0.2) is 0 Å². The highest BCUT2D eigenvalue weighted by atomic mass is 127. The summed E-state index contributed by atoms with van der Waals surface area (Å²) in [4.78, 5) is 19.3. The number of nitrogens with zero attached hydrogens (tertiary/aromatic N) is 1. The molecule has 94 valence electrons. The summed E-state index contributed by atoms with van der Waals surface area (Å²) in [5.41, 5.74) is 4.12. The molecule has 0 spiro atoms. The second-order valence-electron chi connectivity index (χ2n) is 4.35. The molecular formula is C14H15IN2O. The van der Waals surface area contributed by atoms with Crippen LogP contribution in [0.2, 0.25) is 0 Å². The van der Waals surface area contributed by atoms with E-state index in [1.165, 1.54) is 5.56 Å². The molecule has 0 atom stereocenters. The van der Waals surface area contributed by atoms with E-state index in [1.807, 2.05) is 48.6 Å². The monoisotopic (exact) mass is 354 g/mol. The first kappa shape index (κ1) is 13.3. The van der Waals surface area contributed by atoms with Crippen molar-refractivity contribution >= 4 is 22.6 Å². The van der Waals surface area contributed by atoms with E-state index in [1.54, 1.807) is 0 Å². The van der Waals surface area contributed by atoms with Crippen molar-refractivity contribution in [3.63, 3.8) is 0 Å². The SMILES string of the molecule is CCc1nc(-c2ccc(C)cc2C)[nH]c(=O)c1I. The van der Waals surface area contributed by atoms with Crippen molar-refractivity contribution in [1.82, 2.24) is 9.97 Å². The number of halogens is 1. The molecule has 1 aromatic heterocycles. The van der Waals surface area contributed by atoms with E-state index >= 15 is 0 Å². The molecule has 0 bridgehead atoms. The minimum atomic E-state index is -0.0579. The van der Waals surface area contributed by atoms with Crippen LogP contribution >= 0.6 is 22.6 Å². The number of rotatable bonds is 2. The van der Waals surface area contributed by atoms with E-state index in [2.05, 4.69) is 23.0 Å². The lowest BCUT2D eigenvalue weighted by atomic mass is 10.1. The van der Waals surface area contributed by atoms with Crippen LogP contribution in [-0.2, 0) is 6.42 Å². The zero-order valence-electron chi connectivity index (χ0n) is 10.7. The Morgan fingerprint density at radius 1 is 1.33 bits per heavy atom. The third-order valence-electron chi connectivity index (χ3n) is 2.90. The van der Waals surface area contributed by atoms with Gasteiger partial charge in [0, 0.05) is 5.56 Å². The predicted octanol–water partition coefficient (Wildman–Crippen LogP) is 3.22. The van der Waals surface area contributed by atoms with Gasteiger partial charge in [-0.25, -0.2) is 4.98 Å². The Balaban J connectivity index is 2.64. The quantitative estimate of drug-likeness (QED) is 0.842. The minimum Gasteiger partial charge on any atom is -0.306 e. The first-order valence-electron chi connectivity index (χ1n) is 5.89. The van der Waals surface area contributed by atoms with Crippen LogP contribution in [-0.4, -0.2) is 9.97 Å². The van der Waals surface area contributed by atoms with Crippen LogP contribution in [0.25, 0.3) is 11.4 Å². The van der Waals surface area contributed by atoms with Crippen molar-refractivity contribution in [2.45, 2.75) is 27.2 Å².